The third-order valence-electron chi connectivity index (χ3n) is 3.69. The maximum Gasteiger partial charge on any atom is 0.255 e. The Morgan fingerprint density at radius 2 is 1.61 bits per heavy atom. The van der Waals surface area contributed by atoms with Gasteiger partial charge in [0, 0.05) is 16.8 Å². The molecule has 3 rings (SSSR count). The first-order valence-electron chi connectivity index (χ1n) is 7.46. The van der Waals surface area contributed by atoms with Gasteiger partial charge in [0.05, 0.1) is 5.69 Å². The molecule has 0 saturated heterocycles. The van der Waals surface area contributed by atoms with Gasteiger partial charge in [-0.1, -0.05) is 54.1 Å². The van der Waals surface area contributed by atoms with E-state index in [2.05, 4.69) is 5.32 Å². The van der Waals surface area contributed by atoms with E-state index in [4.69, 9.17) is 5.73 Å². The number of nitrogens with two attached hydrogens (primary N) is 1. The lowest BCUT2D eigenvalue weighted by Gasteiger charge is -2.12. The first-order valence-corrected chi connectivity index (χ1v) is 7.46. The van der Waals surface area contributed by atoms with E-state index in [0.717, 1.165) is 16.7 Å². The number of anilines is 2. The van der Waals surface area contributed by atoms with Crippen LogP contribution >= 0.6 is 0 Å². The third kappa shape index (κ3) is 3.40. The molecule has 0 aliphatic heterocycles. The summed E-state index contributed by atoms with van der Waals surface area (Å²) in [5.74, 6) is -0.146. The van der Waals surface area contributed by atoms with Crippen molar-refractivity contribution in [3.8, 4) is 11.1 Å². The average molecular weight is 302 g/mol. The number of hydrogen-bond acceptors (Lipinski definition) is 2. The van der Waals surface area contributed by atoms with E-state index < -0.39 is 0 Å². The molecule has 23 heavy (non-hydrogen) atoms. The van der Waals surface area contributed by atoms with E-state index in [1.807, 2.05) is 73.7 Å². The van der Waals surface area contributed by atoms with Gasteiger partial charge in [-0.15, -0.1) is 0 Å². The quantitative estimate of drug-likeness (QED) is 0.700. The van der Waals surface area contributed by atoms with Gasteiger partial charge in [0.1, 0.15) is 0 Å². The van der Waals surface area contributed by atoms with Crippen molar-refractivity contribution in [1.29, 1.82) is 0 Å². The lowest BCUT2D eigenvalue weighted by Crippen LogP contribution is -2.12. The molecule has 0 aromatic heterocycles. The summed E-state index contributed by atoms with van der Waals surface area (Å²) in [6.45, 7) is 1.99. The first-order chi connectivity index (χ1) is 11.1. The van der Waals surface area contributed by atoms with Crippen molar-refractivity contribution in [2.75, 3.05) is 11.1 Å². The summed E-state index contributed by atoms with van der Waals surface area (Å²) in [7, 11) is 0. The second-order valence-corrected chi connectivity index (χ2v) is 5.49. The zero-order valence-corrected chi connectivity index (χ0v) is 12.9. The minimum absolute atomic E-state index is 0.146. The van der Waals surface area contributed by atoms with Gasteiger partial charge in [0.25, 0.3) is 5.91 Å². The highest BCUT2D eigenvalue weighted by molar-refractivity contribution is 6.06. The minimum Gasteiger partial charge on any atom is -0.399 e. The Morgan fingerprint density at radius 1 is 0.913 bits per heavy atom. The highest BCUT2D eigenvalue weighted by Crippen LogP contribution is 2.30. The number of carbonyl (C=O) groups excluding carboxylic acids is 1. The molecule has 1 amide bonds. The van der Waals surface area contributed by atoms with Crippen molar-refractivity contribution in [2.24, 2.45) is 0 Å². The van der Waals surface area contributed by atoms with Crippen LogP contribution in [0.5, 0.6) is 0 Å². The fourth-order valence-electron chi connectivity index (χ4n) is 2.43. The molecule has 3 aromatic rings. The van der Waals surface area contributed by atoms with Gasteiger partial charge in [-0.25, -0.2) is 0 Å². The molecule has 3 aromatic carbocycles. The minimum atomic E-state index is -0.146. The summed E-state index contributed by atoms with van der Waals surface area (Å²) in [6.07, 6.45) is 0. The largest absolute Gasteiger partial charge is 0.399 e. The fraction of sp³-hybridized carbons (Fsp3) is 0.0500. The Bertz CT molecular complexity index is 824. The average Bonchev–Trinajstić information content (AvgIpc) is 2.56. The van der Waals surface area contributed by atoms with Crippen LogP contribution in [0, 0.1) is 6.92 Å². The van der Waals surface area contributed by atoms with Crippen LogP contribution in [-0.4, -0.2) is 5.91 Å². The Balaban J connectivity index is 1.94. The van der Waals surface area contributed by atoms with E-state index >= 15 is 0 Å². The maximum atomic E-state index is 12.5. The van der Waals surface area contributed by atoms with Crippen LogP contribution in [0.1, 0.15) is 15.9 Å². The van der Waals surface area contributed by atoms with Gasteiger partial charge in [-0.2, -0.15) is 0 Å². The Kier molecular flexibility index (Phi) is 4.11. The summed E-state index contributed by atoms with van der Waals surface area (Å²) in [5.41, 5.74) is 10.9. The summed E-state index contributed by atoms with van der Waals surface area (Å²) >= 11 is 0. The van der Waals surface area contributed by atoms with Crippen molar-refractivity contribution >= 4 is 17.3 Å². The smallest absolute Gasteiger partial charge is 0.255 e. The van der Waals surface area contributed by atoms with Crippen LogP contribution in [0.2, 0.25) is 0 Å². The molecule has 3 heteroatoms. The summed E-state index contributed by atoms with van der Waals surface area (Å²) in [5, 5.41) is 2.97. The number of benzene rings is 3. The molecule has 0 saturated carbocycles. The standard InChI is InChI=1S/C20H18N2O/c1-14-7-9-16(10-8-14)20(23)22-19-13-17(21)11-12-18(19)15-5-3-2-4-6-15/h2-13H,21H2,1H3,(H,22,23). The summed E-state index contributed by atoms with van der Waals surface area (Å²) in [4.78, 5) is 12.5. The molecule has 0 atom stereocenters. The van der Waals surface area contributed by atoms with Crippen molar-refractivity contribution in [1.82, 2.24) is 0 Å². The number of nitrogens with one attached hydrogen (secondary N) is 1. The maximum absolute atomic E-state index is 12.5. The van der Waals surface area contributed by atoms with E-state index in [-0.39, 0.29) is 5.91 Å². The molecule has 0 bridgehead atoms. The van der Waals surface area contributed by atoms with E-state index in [0.29, 0.717) is 16.9 Å². The van der Waals surface area contributed by atoms with E-state index in [1.54, 1.807) is 6.07 Å². The SMILES string of the molecule is Cc1ccc(C(=O)Nc2cc(N)ccc2-c2ccccc2)cc1. The lowest BCUT2D eigenvalue weighted by atomic mass is 10.0. The molecular formula is C20H18N2O. The normalized spacial score (nSPS) is 10.3. The number of amides is 1. The molecule has 0 spiro atoms. The second kappa shape index (κ2) is 6.36. The van der Waals surface area contributed by atoms with Gasteiger partial charge in [-0.3, -0.25) is 4.79 Å². The van der Waals surface area contributed by atoms with Crippen LogP contribution in [0.15, 0.2) is 72.8 Å². The summed E-state index contributed by atoms with van der Waals surface area (Å²) in [6, 6.07) is 22.9. The number of rotatable bonds is 3. The molecule has 0 fully saturated rings. The van der Waals surface area contributed by atoms with Gasteiger partial charge in [-0.05, 0) is 36.8 Å². The monoisotopic (exact) mass is 302 g/mol. The van der Waals surface area contributed by atoms with Crippen molar-refractivity contribution in [3.63, 3.8) is 0 Å². The molecule has 114 valence electrons. The predicted octanol–water partition coefficient (Wildman–Crippen LogP) is 4.50. The van der Waals surface area contributed by atoms with Gasteiger partial charge >= 0.3 is 0 Å². The zero-order valence-electron chi connectivity index (χ0n) is 12.9. The van der Waals surface area contributed by atoms with Gasteiger partial charge < -0.3 is 11.1 Å². The third-order valence-corrected chi connectivity index (χ3v) is 3.69. The second-order valence-electron chi connectivity index (χ2n) is 5.49. The number of nitrogen functional groups attached to an aromatic ring is 1. The molecule has 3 N–H and O–H groups in total. The van der Waals surface area contributed by atoms with Crippen LogP contribution in [-0.2, 0) is 0 Å². The molecule has 0 aliphatic rings. The molecular weight excluding hydrogens is 284 g/mol. The number of aryl methyl sites for hydroxylation is 1. The van der Waals surface area contributed by atoms with Gasteiger partial charge in [0.2, 0.25) is 0 Å². The van der Waals surface area contributed by atoms with Gasteiger partial charge in [0.15, 0.2) is 0 Å². The number of carbonyl (C=O) groups is 1. The molecule has 0 radical (unpaired) electrons. The molecule has 0 heterocycles. The first kappa shape index (κ1) is 14.9. The predicted molar refractivity (Wildman–Crippen MR) is 95.4 cm³/mol. The van der Waals surface area contributed by atoms with Crippen molar-refractivity contribution in [3.05, 3.63) is 83.9 Å². The fourth-order valence-corrected chi connectivity index (χ4v) is 2.43. The molecule has 0 unspecified atom stereocenters. The van der Waals surface area contributed by atoms with Crippen molar-refractivity contribution in [2.45, 2.75) is 6.92 Å². The molecule has 3 nitrogen and oxygen atoms in total. The summed E-state index contributed by atoms with van der Waals surface area (Å²) < 4.78 is 0. The lowest BCUT2D eigenvalue weighted by molar-refractivity contribution is 0.102. The van der Waals surface area contributed by atoms with Crippen molar-refractivity contribution < 1.29 is 4.79 Å². The molecule has 0 aliphatic carbocycles. The van der Waals surface area contributed by atoms with Crippen LogP contribution < -0.4 is 11.1 Å². The Labute approximate surface area is 135 Å². The van der Waals surface area contributed by atoms with Crippen LogP contribution in [0.4, 0.5) is 11.4 Å². The highest BCUT2D eigenvalue weighted by atomic mass is 16.1. The van der Waals surface area contributed by atoms with Crippen LogP contribution in [0.25, 0.3) is 11.1 Å². The highest BCUT2D eigenvalue weighted by Gasteiger charge is 2.10. The zero-order chi connectivity index (χ0) is 16.2. The topological polar surface area (TPSA) is 55.1 Å². The van der Waals surface area contributed by atoms with E-state index in [9.17, 15) is 4.79 Å². The van der Waals surface area contributed by atoms with Crippen LogP contribution in [0.3, 0.4) is 0 Å². The Hall–Kier alpha value is -3.07. The van der Waals surface area contributed by atoms with E-state index in [1.165, 1.54) is 0 Å². The Morgan fingerprint density at radius 3 is 2.30 bits per heavy atom. The number of hydrogen-bond donors (Lipinski definition) is 2.